The summed E-state index contributed by atoms with van der Waals surface area (Å²) in [7, 11) is 1.67. The van der Waals surface area contributed by atoms with Crippen molar-refractivity contribution in [1.29, 1.82) is 0 Å². The molecule has 6 nitrogen and oxygen atoms in total. The van der Waals surface area contributed by atoms with E-state index < -0.39 is 12.1 Å². The van der Waals surface area contributed by atoms with E-state index >= 15 is 0 Å². The number of aryl methyl sites for hydroxylation is 1. The van der Waals surface area contributed by atoms with Gasteiger partial charge in [0.05, 0.1) is 0 Å². The molecule has 1 aromatic carbocycles. The molecule has 1 unspecified atom stereocenters. The number of hydrogen-bond donors (Lipinski definition) is 1. The van der Waals surface area contributed by atoms with Crippen molar-refractivity contribution in [2.75, 3.05) is 13.6 Å². The van der Waals surface area contributed by atoms with E-state index in [-0.39, 0.29) is 24.3 Å². The Kier molecular flexibility index (Phi) is 5.03. The largest absolute Gasteiger partial charge is 0.340 e. The first-order valence-corrected chi connectivity index (χ1v) is 7.71. The van der Waals surface area contributed by atoms with E-state index in [2.05, 4.69) is 5.32 Å². The summed E-state index contributed by atoms with van der Waals surface area (Å²) in [4.78, 5) is 38.9. The molecule has 124 valence electrons. The topological polar surface area (TPSA) is 69.7 Å². The molecule has 1 saturated heterocycles. The molecule has 0 aromatic heterocycles. The number of carbonyl (C=O) groups is 3. The van der Waals surface area contributed by atoms with Crippen LogP contribution in [0.2, 0.25) is 0 Å². The van der Waals surface area contributed by atoms with Gasteiger partial charge in [0.15, 0.2) is 0 Å². The SMILES string of the molecule is Cc1ccc(CN(C)C(=O)CN2C(=O)NC(C(C)C)C2=O)cc1. The molecule has 23 heavy (non-hydrogen) atoms. The number of likely N-dealkylation sites (N-methyl/N-ethyl adjacent to an activating group) is 1. The van der Waals surface area contributed by atoms with Gasteiger partial charge in [-0.2, -0.15) is 0 Å². The van der Waals surface area contributed by atoms with Crippen molar-refractivity contribution >= 4 is 17.8 Å². The zero-order valence-electron chi connectivity index (χ0n) is 14.0. The Bertz CT molecular complexity index is 610. The molecule has 6 heteroatoms. The molecule has 0 bridgehead atoms. The summed E-state index contributed by atoms with van der Waals surface area (Å²) in [5.41, 5.74) is 2.16. The lowest BCUT2D eigenvalue weighted by Gasteiger charge is -2.20. The minimum absolute atomic E-state index is 0.00293. The number of benzene rings is 1. The molecule has 1 N–H and O–H groups in total. The average Bonchev–Trinajstić information content (AvgIpc) is 2.77. The average molecular weight is 317 g/mol. The zero-order valence-corrected chi connectivity index (χ0v) is 14.0. The summed E-state index contributed by atoms with van der Waals surface area (Å²) >= 11 is 0. The fourth-order valence-electron chi connectivity index (χ4n) is 2.45. The third kappa shape index (κ3) is 3.88. The Labute approximate surface area is 136 Å². The van der Waals surface area contributed by atoms with E-state index in [1.165, 1.54) is 4.90 Å². The van der Waals surface area contributed by atoms with Crippen LogP contribution in [0.25, 0.3) is 0 Å². The fourth-order valence-corrected chi connectivity index (χ4v) is 2.45. The van der Waals surface area contributed by atoms with Gasteiger partial charge in [0.25, 0.3) is 5.91 Å². The molecule has 2 rings (SSSR count). The Morgan fingerprint density at radius 1 is 1.26 bits per heavy atom. The highest BCUT2D eigenvalue weighted by molar-refractivity contribution is 6.06. The number of urea groups is 1. The second-order valence-electron chi connectivity index (χ2n) is 6.33. The van der Waals surface area contributed by atoms with Crippen molar-refractivity contribution in [3.8, 4) is 0 Å². The van der Waals surface area contributed by atoms with Gasteiger partial charge in [-0.15, -0.1) is 0 Å². The normalized spacial score (nSPS) is 17.6. The molecule has 0 aliphatic carbocycles. The first-order valence-electron chi connectivity index (χ1n) is 7.71. The predicted octanol–water partition coefficient (Wildman–Crippen LogP) is 1.53. The van der Waals surface area contributed by atoms with Crippen molar-refractivity contribution in [1.82, 2.24) is 15.1 Å². The standard InChI is InChI=1S/C17H23N3O3/c1-11(2)15-16(22)20(17(23)18-15)10-14(21)19(4)9-13-7-5-12(3)6-8-13/h5-8,11,15H,9-10H2,1-4H3,(H,18,23). The second kappa shape index (κ2) is 6.81. The van der Waals surface area contributed by atoms with Crippen LogP contribution in [0.15, 0.2) is 24.3 Å². The highest BCUT2D eigenvalue weighted by atomic mass is 16.2. The molecule has 1 aliphatic rings. The van der Waals surface area contributed by atoms with Crippen LogP contribution < -0.4 is 5.32 Å². The minimum atomic E-state index is -0.544. The van der Waals surface area contributed by atoms with Crippen molar-refractivity contribution in [2.45, 2.75) is 33.4 Å². The Morgan fingerprint density at radius 2 is 1.87 bits per heavy atom. The first kappa shape index (κ1) is 17.0. The van der Waals surface area contributed by atoms with E-state index in [0.717, 1.165) is 16.0 Å². The van der Waals surface area contributed by atoms with Gasteiger partial charge in [0.2, 0.25) is 5.91 Å². The van der Waals surface area contributed by atoms with Crippen LogP contribution in [0.1, 0.15) is 25.0 Å². The van der Waals surface area contributed by atoms with Gasteiger partial charge in [0.1, 0.15) is 12.6 Å². The second-order valence-corrected chi connectivity index (χ2v) is 6.33. The highest BCUT2D eigenvalue weighted by Crippen LogP contribution is 2.14. The molecular weight excluding hydrogens is 294 g/mol. The molecule has 0 spiro atoms. The van der Waals surface area contributed by atoms with Crippen molar-refractivity contribution < 1.29 is 14.4 Å². The van der Waals surface area contributed by atoms with Crippen LogP contribution in [0.4, 0.5) is 4.79 Å². The van der Waals surface area contributed by atoms with Crippen LogP contribution in [-0.4, -0.2) is 47.3 Å². The number of nitrogens with zero attached hydrogens (tertiary/aromatic N) is 2. The maximum atomic E-state index is 12.3. The maximum absolute atomic E-state index is 12.3. The lowest BCUT2D eigenvalue weighted by molar-refractivity contribution is -0.137. The van der Waals surface area contributed by atoms with E-state index in [1.54, 1.807) is 7.05 Å². The molecule has 0 radical (unpaired) electrons. The number of rotatable bonds is 5. The number of hydrogen-bond acceptors (Lipinski definition) is 3. The molecule has 0 saturated carbocycles. The number of nitrogens with one attached hydrogen (secondary N) is 1. The number of imide groups is 1. The van der Waals surface area contributed by atoms with Gasteiger partial charge >= 0.3 is 6.03 Å². The lowest BCUT2D eigenvalue weighted by Crippen LogP contribution is -2.42. The van der Waals surface area contributed by atoms with Gasteiger partial charge in [-0.25, -0.2) is 4.79 Å². The third-order valence-electron chi connectivity index (χ3n) is 3.98. The molecule has 4 amide bonds. The summed E-state index contributed by atoms with van der Waals surface area (Å²) in [5.74, 6) is -0.600. The monoisotopic (exact) mass is 317 g/mol. The summed E-state index contributed by atoms with van der Waals surface area (Å²) in [5, 5.41) is 2.62. The summed E-state index contributed by atoms with van der Waals surface area (Å²) in [6.07, 6.45) is 0. The smallest absolute Gasteiger partial charge is 0.325 e. The van der Waals surface area contributed by atoms with Gasteiger partial charge in [-0.1, -0.05) is 43.7 Å². The van der Waals surface area contributed by atoms with Gasteiger partial charge < -0.3 is 10.2 Å². The Hall–Kier alpha value is -2.37. The van der Waals surface area contributed by atoms with E-state index in [4.69, 9.17) is 0 Å². The minimum Gasteiger partial charge on any atom is -0.340 e. The van der Waals surface area contributed by atoms with Crippen LogP contribution >= 0.6 is 0 Å². The highest BCUT2D eigenvalue weighted by Gasteiger charge is 2.40. The van der Waals surface area contributed by atoms with Crippen LogP contribution in [0, 0.1) is 12.8 Å². The van der Waals surface area contributed by atoms with Gasteiger partial charge in [0, 0.05) is 13.6 Å². The van der Waals surface area contributed by atoms with Crippen molar-refractivity contribution in [2.24, 2.45) is 5.92 Å². The molecule has 1 aromatic rings. The summed E-state index contributed by atoms with van der Waals surface area (Å²) in [6.45, 7) is 5.93. The van der Waals surface area contributed by atoms with E-state index in [0.29, 0.717) is 6.54 Å². The number of amides is 4. The summed E-state index contributed by atoms with van der Waals surface area (Å²) < 4.78 is 0. The predicted molar refractivity (Wildman–Crippen MR) is 86.5 cm³/mol. The molecule has 1 atom stereocenters. The molecular formula is C17H23N3O3. The van der Waals surface area contributed by atoms with Gasteiger partial charge in [-0.3, -0.25) is 14.5 Å². The van der Waals surface area contributed by atoms with E-state index in [1.807, 2.05) is 45.0 Å². The quantitative estimate of drug-likeness (QED) is 0.837. The molecule has 1 heterocycles. The fraction of sp³-hybridized carbons (Fsp3) is 0.471. The van der Waals surface area contributed by atoms with Crippen LogP contribution in [-0.2, 0) is 16.1 Å². The Morgan fingerprint density at radius 3 is 2.39 bits per heavy atom. The molecule has 1 fully saturated rings. The Balaban J connectivity index is 1.97. The number of carbonyl (C=O) groups excluding carboxylic acids is 3. The van der Waals surface area contributed by atoms with E-state index in [9.17, 15) is 14.4 Å². The maximum Gasteiger partial charge on any atom is 0.325 e. The molecule has 1 aliphatic heterocycles. The van der Waals surface area contributed by atoms with Crippen LogP contribution in [0.5, 0.6) is 0 Å². The van der Waals surface area contributed by atoms with Crippen LogP contribution in [0.3, 0.4) is 0 Å². The lowest BCUT2D eigenvalue weighted by atomic mass is 10.1. The third-order valence-corrected chi connectivity index (χ3v) is 3.98. The first-order chi connectivity index (χ1) is 10.8. The summed E-state index contributed by atoms with van der Waals surface area (Å²) in [6, 6.07) is 6.85. The van der Waals surface area contributed by atoms with Crippen molar-refractivity contribution in [3.63, 3.8) is 0 Å². The zero-order chi connectivity index (χ0) is 17.1. The van der Waals surface area contributed by atoms with Crippen molar-refractivity contribution in [3.05, 3.63) is 35.4 Å². The van der Waals surface area contributed by atoms with Gasteiger partial charge in [-0.05, 0) is 18.4 Å².